The second-order valence-corrected chi connectivity index (χ2v) is 7.09. The van der Waals surface area contributed by atoms with Crippen LogP contribution in [0.15, 0.2) is 53.1 Å². The zero-order chi connectivity index (χ0) is 18.6. The van der Waals surface area contributed by atoms with Crippen LogP contribution >= 0.6 is 11.6 Å². The zero-order valence-electron chi connectivity index (χ0n) is 15.3. The lowest BCUT2D eigenvalue weighted by Gasteiger charge is -2.23. The SMILES string of the molecule is CCOc1ccc(C2CCCN2Cc2nc(-c3ccc(Cl)cc3)no2)cc1. The van der Waals surface area contributed by atoms with Crippen LogP contribution in [0.4, 0.5) is 0 Å². The molecule has 3 aromatic rings. The lowest BCUT2D eigenvalue weighted by Crippen LogP contribution is -2.22. The molecule has 0 aliphatic carbocycles. The number of rotatable bonds is 6. The largest absolute Gasteiger partial charge is 0.494 e. The number of hydrogen-bond donors (Lipinski definition) is 0. The van der Waals surface area contributed by atoms with E-state index in [9.17, 15) is 0 Å². The summed E-state index contributed by atoms with van der Waals surface area (Å²) < 4.78 is 11.0. The Labute approximate surface area is 163 Å². The smallest absolute Gasteiger partial charge is 0.241 e. The summed E-state index contributed by atoms with van der Waals surface area (Å²) in [5.41, 5.74) is 2.20. The first-order valence-corrected chi connectivity index (χ1v) is 9.66. The topological polar surface area (TPSA) is 51.4 Å². The molecule has 0 N–H and O–H groups in total. The number of halogens is 1. The third-order valence-corrected chi connectivity index (χ3v) is 5.10. The van der Waals surface area contributed by atoms with Gasteiger partial charge in [0.25, 0.3) is 0 Å². The Hall–Kier alpha value is -2.37. The van der Waals surface area contributed by atoms with Gasteiger partial charge in [-0.05, 0) is 68.3 Å². The van der Waals surface area contributed by atoms with Gasteiger partial charge in [0.1, 0.15) is 5.75 Å². The maximum Gasteiger partial charge on any atom is 0.241 e. The Kier molecular flexibility index (Phi) is 5.41. The fourth-order valence-electron chi connectivity index (χ4n) is 3.55. The van der Waals surface area contributed by atoms with E-state index in [4.69, 9.17) is 20.9 Å². The molecule has 140 valence electrons. The van der Waals surface area contributed by atoms with Crippen LogP contribution < -0.4 is 4.74 Å². The summed E-state index contributed by atoms with van der Waals surface area (Å²) in [5.74, 6) is 2.14. The van der Waals surface area contributed by atoms with Crippen LogP contribution in [0.25, 0.3) is 11.4 Å². The molecule has 5 nitrogen and oxygen atoms in total. The highest BCUT2D eigenvalue weighted by atomic mass is 35.5. The number of hydrogen-bond acceptors (Lipinski definition) is 5. The molecule has 0 bridgehead atoms. The lowest BCUT2D eigenvalue weighted by molar-refractivity contribution is 0.212. The van der Waals surface area contributed by atoms with Gasteiger partial charge in [0.05, 0.1) is 13.2 Å². The van der Waals surface area contributed by atoms with Gasteiger partial charge in [-0.1, -0.05) is 28.9 Å². The average molecular weight is 384 g/mol. The molecule has 6 heteroatoms. The maximum absolute atomic E-state index is 5.94. The van der Waals surface area contributed by atoms with E-state index < -0.39 is 0 Å². The molecule has 0 spiro atoms. The average Bonchev–Trinajstić information content (AvgIpc) is 3.34. The van der Waals surface area contributed by atoms with E-state index in [0.717, 1.165) is 30.7 Å². The van der Waals surface area contributed by atoms with Crippen LogP contribution in [0, 0.1) is 0 Å². The summed E-state index contributed by atoms with van der Waals surface area (Å²) in [7, 11) is 0. The molecule has 1 aromatic heterocycles. The minimum absolute atomic E-state index is 0.367. The molecule has 1 atom stereocenters. The van der Waals surface area contributed by atoms with Crippen molar-refractivity contribution in [2.24, 2.45) is 0 Å². The zero-order valence-corrected chi connectivity index (χ0v) is 16.0. The molecule has 1 saturated heterocycles. The quantitative estimate of drug-likeness (QED) is 0.590. The summed E-state index contributed by atoms with van der Waals surface area (Å²) >= 11 is 5.94. The fraction of sp³-hybridized carbons (Fsp3) is 0.333. The van der Waals surface area contributed by atoms with E-state index in [0.29, 0.717) is 35.9 Å². The lowest BCUT2D eigenvalue weighted by atomic mass is 10.0. The van der Waals surface area contributed by atoms with Crippen LogP contribution in [-0.2, 0) is 6.54 Å². The second kappa shape index (κ2) is 8.11. The van der Waals surface area contributed by atoms with Crippen molar-refractivity contribution in [3.63, 3.8) is 0 Å². The first-order valence-electron chi connectivity index (χ1n) is 9.28. The third kappa shape index (κ3) is 4.15. The molecule has 2 heterocycles. The predicted molar refractivity (Wildman–Crippen MR) is 105 cm³/mol. The summed E-state index contributed by atoms with van der Waals surface area (Å²) in [6.07, 6.45) is 2.29. The second-order valence-electron chi connectivity index (χ2n) is 6.65. The molecule has 27 heavy (non-hydrogen) atoms. The summed E-state index contributed by atoms with van der Waals surface area (Å²) in [6.45, 7) is 4.35. The van der Waals surface area contributed by atoms with Gasteiger partial charge in [-0.25, -0.2) is 0 Å². The summed E-state index contributed by atoms with van der Waals surface area (Å²) in [4.78, 5) is 6.96. The minimum atomic E-state index is 0.367. The van der Waals surface area contributed by atoms with E-state index in [1.807, 2.05) is 43.3 Å². The van der Waals surface area contributed by atoms with Crippen molar-refractivity contribution in [2.45, 2.75) is 32.4 Å². The maximum atomic E-state index is 5.94. The third-order valence-electron chi connectivity index (χ3n) is 4.85. The van der Waals surface area contributed by atoms with Gasteiger partial charge in [-0.15, -0.1) is 0 Å². The molecule has 1 unspecified atom stereocenters. The number of aromatic nitrogens is 2. The van der Waals surface area contributed by atoms with Crippen LogP contribution in [0.5, 0.6) is 5.75 Å². The van der Waals surface area contributed by atoms with Crippen LogP contribution in [0.3, 0.4) is 0 Å². The van der Waals surface area contributed by atoms with Gasteiger partial charge in [0.2, 0.25) is 11.7 Å². The standard InChI is InChI=1S/C21H22ClN3O2/c1-2-26-18-11-7-15(8-12-18)19-4-3-13-25(19)14-20-23-21(24-27-20)16-5-9-17(22)10-6-16/h5-12,19H,2-4,13-14H2,1H3. The molecule has 1 aliphatic rings. The van der Waals surface area contributed by atoms with E-state index in [1.54, 1.807) is 0 Å². The molecular formula is C21H22ClN3O2. The van der Waals surface area contributed by atoms with Crippen molar-refractivity contribution < 1.29 is 9.26 Å². The number of nitrogens with zero attached hydrogens (tertiary/aromatic N) is 3. The Morgan fingerprint density at radius 3 is 2.67 bits per heavy atom. The van der Waals surface area contributed by atoms with Crippen molar-refractivity contribution >= 4 is 11.6 Å². The van der Waals surface area contributed by atoms with Gasteiger partial charge < -0.3 is 9.26 Å². The van der Waals surface area contributed by atoms with Crippen molar-refractivity contribution in [3.05, 3.63) is 65.0 Å². The van der Waals surface area contributed by atoms with E-state index >= 15 is 0 Å². The van der Waals surface area contributed by atoms with Gasteiger partial charge in [-0.2, -0.15) is 4.98 Å². The minimum Gasteiger partial charge on any atom is -0.494 e. The summed E-state index contributed by atoms with van der Waals surface area (Å²) in [6, 6.07) is 16.2. The number of likely N-dealkylation sites (tertiary alicyclic amines) is 1. The molecule has 4 rings (SSSR count). The van der Waals surface area contributed by atoms with Crippen molar-refractivity contribution in [1.29, 1.82) is 0 Å². The molecule has 1 fully saturated rings. The van der Waals surface area contributed by atoms with E-state index in [-0.39, 0.29) is 0 Å². The van der Waals surface area contributed by atoms with Crippen molar-refractivity contribution in [3.8, 4) is 17.1 Å². The first kappa shape index (κ1) is 18.0. The Bertz CT molecular complexity index is 877. The van der Waals surface area contributed by atoms with Crippen molar-refractivity contribution in [1.82, 2.24) is 15.0 Å². The van der Waals surface area contributed by atoms with E-state index in [1.165, 1.54) is 5.56 Å². The number of benzene rings is 2. The first-order chi connectivity index (χ1) is 13.2. The highest BCUT2D eigenvalue weighted by Crippen LogP contribution is 2.34. The van der Waals surface area contributed by atoms with Crippen LogP contribution in [-0.4, -0.2) is 28.2 Å². The van der Waals surface area contributed by atoms with Crippen LogP contribution in [0.1, 0.15) is 37.3 Å². The Morgan fingerprint density at radius 1 is 1.15 bits per heavy atom. The van der Waals surface area contributed by atoms with Gasteiger partial charge in [-0.3, -0.25) is 4.90 Å². The Balaban J connectivity index is 1.46. The fourth-order valence-corrected chi connectivity index (χ4v) is 3.68. The predicted octanol–water partition coefficient (Wildman–Crippen LogP) is 5.13. The normalized spacial score (nSPS) is 17.3. The molecule has 0 radical (unpaired) electrons. The molecule has 0 saturated carbocycles. The molecule has 2 aromatic carbocycles. The van der Waals surface area contributed by atoms with E-state index in [2.05, 4.69) is 27.2 Å². The molecular weight excluding hydrogens is 362 g/mol. The van der Waals surface area contributed by atoms with Gasteiger partial charge >= 0.3 is 0 Å². The highest BCUT2D eigenvalue weighted by molar-refractivity contribution is 6.30. The monoisotopic (exact) mass is 383 g/mol. The van der Waals surface area contributed by atoms with Crippen LogP contribution in [0.2, 0.25) is 5.02 Å². The summed E-state index contributed by atoms with van der Waals surface area (Å²) in [5, 5.41) is 4.81. The number of ether oxygens (including phenoxy) is 1. The Morgan fingerprint density at radius 2 is 1.93 bits per heavy atom. The van der Waals surface area contributed by atoms with Gasteiger partial charge in [0, 0.05) is 16.6 Å². The molecule has 0 amide bonds. The van der Waals surface area contributed by atoms with Crippen molar-refractivity contribution in [2.75, 3.05) is 13.2 Å². The molecule has 1 aliphatic heterocycles. The highest BCUT2D eigenvalue weighted by Gasteiger charge is 2.27. The van der Waals surface area contributed by atoms with Gasteiger partial charge in [0.15, 0.2) is 0 Å².